The second-order valence-corrected chi connectivity index (χ2v) is 5.18. The van der Waals surface area contributed by atoms with Gasteiger partial charge in [-0.2, -0.15) is 5.26 Å². The zero-order valence-electron chi connectivity index (χ0n) is 10.4. The normalized spacial score (nSPS) is 27.7. The summed E-state index contributed by atoms with van der Waals surface area (Å²) in [5.41, 5.74) is -0.374. The fraction of sp³-hybridized carbons (Fsp3) is 0.533. The van der Waals surface area contributed by atoms with Gasteiger partial charge in [0.15, 0.2) is 0 Å². The first kappa shape index (κ1) is 13.0. The molecule has 1 N–H and O–H groups in total. The number of nitriles is 1. The van der Waals surface area contributed by atoms with Gasteiger partial charge in [0.05, 0.1) is 11.7 Å². The van der Waals surface area contributed by atoms with Gasteiger partial charge in [-0.25, -0.2) is 4.39 Å². The first-order chi connectivity index (χ1) is 8.65. The van der Waals surface area contributed by atoms with Gasteiger partial charge in [-0.05, 0) is 24.5 Å². The molecule has 0 radical (unpaired) electrons. The summed E-state index contributed by atoms with van der Waals surface area (Å²) in [6, 6.07) is 8.70. The third kappa shape index (κ3) is 2.70. The maximum Gasteiger partial charge on any atom is 0.126 e. The lowest BCUT2D eigenvalue weighted by atomic mass is 9.71. The molecule has 0 heterocycles. The van der Waals surface area contributed by atoms with Crippen molar-refractivity contribution < 1.29 is 9.50 Å². The summed E-state index contributed by atoms with van der Waals surface area (Å²) in [6.07, 6.45) is 4.18. The minimum atomic E-state index is -0.920. The topological polar surface area (TPSA) is 44.0 Å². The molecule has 1 fully saturated rings. The largest absolute Gasteiger partial charge is 0.389 e. The van der Waals surface area contributed by atoms with E-state index < -0.39 is 5.60 Å². The molecule has 1 aromatic rings. The Morgan fingerprint density at radius 2 is 2.17 bits per heavy atom. The van der Waals surface area contributed by atoms with Gasteiger partial charge < -0.3 is 5.11 Å². The predicted molar refractivity (Wildman–Crippen MR) is 67.2 cm³/mol. The zero-order chi connectivity index (χ0) is 13.0. The van der Waals surface area contributed by atoms with Crippen LogP contribution < -0.4 is 0 Å². The number of benzene rings is 1. The molecule has 0 saturated heterocycles. The van der Waals surface area contributed by atoms with E-state index in [-0.39, 0.29) is 11.7 Å². The average molecular weight is 247 g/mol. The highest BCUT2D eigenvalue weighted by atomic mass is 19.1. The van der Waals surface area contributed by atoms with E-state index in [0.29, 0.717) is 24.8 Å². The fourth-order valence-corrected chi connectivity index (χ4v) is 2.90. The molecule has 2 rings (SSSR count). The minimum Gasteiger partial charge on any atom is -0.389 e. The van der Waals surface area contributed by atoms with Gasteiger partial charge in [-0.3, -0.25) is 0 Å². The second kappa shape index (κ2) is 5.49. The van der Waals surface area contributed by atoms with Crippen LogP contribution in [0.15, 0.2) is 24.3 Å². The number of aliphatic hydroxyl groups is 1. The van der Waals surface area contributed by atoms with E-state index in [2.05, 4.69) is 6.07 Å². The summed E-state index contributed by atoms with van der Waals surface area (Å²) in [5.74, 6) is -0.303. The number of hydrogen-bond acceptors (Lipinski definition) is 2. The van der Waals surface area contributed by atoms with Crippen molar-refractivity contribution in [3.63, 3.8) is 0 Å². The zero-order valence-corrected chi connectivity index (χ0v) is 10.4. The van der Waals surface area contributed by atoms with Crippen LogP contribution in [0.3, 0.4) is 0 Å². The van der Waals surface area contributed by atoms with Gasteiger partial charge in [0.2, 0.25) is 0 Å². The maximum atomic E-state index is 13.7. The SMILES string of the molecule is N#CC[C@@H]1CCCC[C@@]1(O)Cc1ccccc1F. The van der Waals surface area contributed by atoms with Gasteiger partial charge in [-0.15, -0.1) is 0 Å². The van der Waals surface area contributed by atoms with E-state index in [0.717, 1.165) is 19.3 Å². The summed E-state index contributed by atoms with van der Waals surface area (Å²) >= 11 is 0. The fourth-order valence-electron chi connectivity index (χ4n) is 2.90. The lowest BCUT2D eigenvalue weighted by Gasteiger charge is -2.39. The van der Waals surface area contributed by atoms with Crippen LogP contribution in [0.5, 0.6) is 0 Å². The first-order valence-electron chi connectivity index (χ1n) is 6.48. The summed E-state index contributed by atoms with van der Waals surface area (Å²) in [6.45, 7) is 0. The van der Waals surface area contributed by atoms with E-state index >= 15 is 0 Å². The first-order valence-corrected chi connectivity index (χ1v) is 6.48. The molecule has 0 spiro atoms. The summed E-state index contributed by atoms with van der Waals surface area (Å²) in [7, 11) is 0. The van der Waals surface area contributed by atoms with Gasteiger partial charge in [0.25, 0.3) is 0 Å². The standard InChI is InChI=1S/C15H18FNO/c16-14-7-2-1-5-12(14)11-15(18)9-4-3-6-13(15)8-10-17/h1-2,5,7,13,18H,3-4,6,8-9,11H2/t13-,15+/m0/s1. The molecule has 0 aromatic heterocycles. The summed E-state index contributed by atoms with van der Waals surface area (Å²) in [5, 5.41) is 19.6. The molecular weight excluding hydrogens is 229 g/mol. The highest BCUT2D eigenvalue weighted by molar-refractivity contribution is 5.20. The van der Waals surface area contributed by atoms with Crippen molar-refractivity contribution in [1.29, 1.82) is 5.26 Å². The van der Waals surface area contributed by atoms with Crippen LogP contribution >= 0.6 is 0 Å². The lowest BCUT2D eigenvalue weighted by Crippen LogP contribution is -2.42. The molecule has 2 nitrogen and oxygen atoms in total. The van der Waals surface area contributed by atoms with Crippen molar-refractivity contribution in [3.8, 4) is 6.07 Å². The number of nitrogens with zero attached hydrogens (tertiary/aromatic N) is 1. The number of hydrogen-bond donors (Lipinski definition) is 1. The van der Waals surface area contributed by atoms with Crippen molar-refractivity contribution in [2.75, 3.05) is 0 Å². The van der Waals surface area contributed by atoms with Crippen LogP contribution in [0.4, 0.5) is 4.39 Å². The van der Waals surface area contributed by atoms with Crippen LogP contribution in [-0.2, 0) is 6.42 Å². The highest BCUT2D eigenvalue weighted by Gasteiger charge is 2.39. The van der Waals surface area contributed by atoms with Crippen molar-refractivity contribution in [2.45, 2.75) is 44.1 Å². The quantitative estimate of drug-likeness (QED) is 0.891. The van der Waals surface area contributed by atoms with E-state index in [1.54, 1.807) is 18.2 Å². The molecule has 1 saturated carbocycles. The lowest BCUT2D eigenvalue weighted by molar-refractivity contribution is -0.0465. The van der Waals surface area contributed by atoms with Crippen molar-refractivity contribution >= 4 is 0 Å². The van der Waals surface area contributed by atoms with E-state index in [4.69, 9.17) is 5.26 Å². The Hall–Kier alpha value is -1.40. The molecule has 0 amide bonds. The second-order valence-electron chi connectivity index (χ2n) is 5.18. The minimum absolute atomic E-state index is 0.0316. The molecule has 1 aromatic carbocycles. The average Bonchev–Trinajstić information content (AvgIpc) is 2.36. The van der Waals surface area contributed by atoms with Crippen molar-refractivity contribution in [1.82, 2.24) is 0 Å². The molecule has 18 heavy (non-hydrogen) atoms. The third-order valence-electron chi connectivity index (χ3n) is 3.96. The Morgan fingerprint density at radius 1 is 1.39 bits per heavy atom. The van der Waals surface area contributed by atoms with Gasteiger partial charge in [0, 0.05) is 18.8 Å². The van der Waals surface area contributed by atoms with E-state index in [1.165, 1.54) is 6.07 Å². The molecular formula is C15H18FNO. The Kier molecular flexibility index (Phi) is 3.98. The number of rotatable bonds is 3. The Morgan fingerprint density at radius 3 is 2.89 bits per heavy atom. The van der Waals surface area contributed by atoms with Crippen LogP contribution in [-0.4, -0.2) is 10.7 Å². The molecule has 96 valence electrons. The van der Waals surface area contributed by atoms with Crippen LogP contribution in [0.25, 0.3) is 0 Å². The monoisotopic (exact) mass is 247 g/mol. The van der Waals surface area contributed by atoms with Gasteiger partial charge in [-0.1, -0.05) is 31.0 Å². The summed E-state index contributed by atoms with van der Waals surface area (Å²) in [4.78, 5) is 0. The molecule has 2 atom stereocenters. The van der Waals surface area contributed by atoms with E-state index in [1.807, 2.05) is 0 Å². The van der Waals surface area contributed by atoms with Crippen molar-refractivity contribution in [2.24, 2.45) is 5.92 Å². The maximum absolute atomic E-state index is 13.7. The molecule has 0 bridgehead atoms. The molecule has 1 aliphatic carbocycles. The smallest absolute Gasteiger partial charge is 0.126 e. The van der Waals surface area contributed by atoms with Crippen LogP contribution in [0.1, 0.15) is 37.7 Å². The van der Waals surface area contributed by atoms with Gasteiger partial charge in [0.1, 0.15) is 5.82 Å². The van der Waals surface area contributed by atoms with Crippen LogP contribution in [0.2, 0.25) is 0 Å². The predicted octanol–water partition coefficient (Wildman–Crippen LogP) is 3.20. The molecule has 1 aliphatic rings. The highest BCUT2D eigenvalue weighted by Crippen LogP contribution is 2.38. The third-order valence-corrected chi connectivity index (χ3v) is 3.96. The molecule has 0 aliphatic heterocycles. The van der Waals surface area contributed by atoms with Gasteiger partial charge >= 0.3 is 0 Å². The van der Waals surface area contributed by atoms with Crippen LogP contribution in [0, 0.1) is 23.1 Å². The number of halogens is 1. The Bertz CT molecular complexity index is 454. The molecule has 0 unspecified atom stereocenters. The van der Waals surface area contributed by atoms with E-state index in [9.17, 15) is 9.50 Å². The Balaban J connectivity index is 2.19. The Labute approximate surface area is 107 Å². The molecule has 3 heteroatoms. The van der Waals surface area contributed by atoms with Crippen molar-refractivity contribution in [3.05, 3.63) is 35.6 Å². The summed E-state index contributed by atoms with van der Waals surface area (Å²) < 4.78 is 13.7.